The molecule has 1 rings (SSSR count). The summed E-state index contributed by atoms with van der Waals surface area (Å²) in [5.74, 6) is 0. The highest BCUT2D eigenvalue weighted by Crippen LogP contribution is 1.99. The third-order valence-electron chi connectivity index (χ3n) is 2.26. The number of likely N-dealkylation sites (N-methyl/N-ethyl adjacent to an activating group) is 1. The van der Waals surface area contributed by atoms with Gasteiger partial charge in [-0.15, -0.1) is 50.9 Å². The van der Waals surface area contributed by atoms with Crippen molar-refractivity contribution >= 4 is 50.9 Å². The third-order valence-corrected chi connectivity index (χ3v) is 2.26. The highest BCUT2D eigenvalue weighted by Gasteiger charge is 2.09. The molecule has 0 unspecified atom stereocenters. The molecule has 1 aliphatic rings. The van der Waals surface area contributed by atoms with Crippen LogP contribution in [0.25, 0.3) is 0 Å². The quantitative estimate of drug-likeness (QED) is 0.760. The van der Waals surface area contributed by atoms with Gasteiger partial charge >= 0.3 is 0 Å². The van der Waals surface area contributed by atoms with E-state index in [1.54, 1.807) is 0 Å². The average molecular weight is 400 g/mol. The molecular weight excluding hydrogens is 378 g/mol. The van der Waals surface area contributed by atoms with Crippen molar-refractivity contribution in [1.82, 2.24) is 9.80 Å². The minimum atomic E-state index is 0. The van der Waals surface area contributed by atoms with Crippen LogP contribution in [-0.2, 0) is 0 Å². The first-order valence-corrected chi connectivity index (χ1v) is 4.44. The first-order chi connectivity index (χ1) is 5.33. The number of hydrogen-bond donors (Lipinski definition) is 1. The van der Waals surface area contributed by atoms with Crippen molar-refractivity contribution in [2.45, 2.75) is 6.42 Å². The molecule has 0 aromatic heterocycles. The zero-order valence-corrected chi connectivity index (χ0v) is 13.8. The standard InChI is InChI=1S/C8H19N3.3BrH/c1-10-4-2-5-11(6-3-9)8-7-10;;;/h2-9H2,1H3;3*1H. The second-order valence-electron chi connectivity index (χ2n) is 3.29. The fourth-order valence-electron chi connectivity index (χ4n) is 1.51. The van der Waals surface area contributed by atoms with E-state index in [0.717, 1.165) is 13.1 Å². The average Bonchev–Trinajstić information content (AvgIpc) is 2.17. The maximum atomic E-state index is 5.49. The minimum Gasteiger partial charge on any atom is -0.329 e. The van der Waals surface area contributed by atoms with E-state index >= 15 is 0 Å². The maximum absolute atomic E-state index is 5.49. The molecule has 0 radical (unpaired) electrons. The second-order valence-corrected chi connectivity index (χ2v) is 3.29. The van der Waals surface area contributed by atoms with Crippen LogP contribution in [0.3, 0.4) is 0 Å². The van der Waals surface area contributed by atoms with Crippen LogP contribution in [0.5, 0.6) is 0 Å². The summed E-state index contributed by atoms with van der Waals surface area (Å²) >= 11 is 0. The van der Waals surface area contributed by atoms with Crippen LogP contribution in [0.1, 0.15) is 6.42 Å². The van der Waals surface area contributed by atoms with E-state index in [4.69, 9.17) is 5.73 Å². The topological polar surface area (TPSA) is 32.5 Å². The van der Waals surface area contributed by atoms with Gasteiger partial charge in [0.15, 0.2) is 0 Å². The molecule has 6 heteroatoms. The van der Waals surface area contributed by atoms with Crippen LogP contribution >= 0.6 is 50.9 Å². The molecule has 1 saturated heterocycles. The fraction of sp³-hybridized carbons (Fsp3) is 1.00. The molecule has 0 atom stereocenters. The Morgan fingerprint density at radius 3 is 2.21 bits per heavy atom. The van der Waals surface area contributed by atoms with Gasteiger partial charge in [0.2, 0.25) is 0 Å². The summed E-state index contributed by atoms with van der Waals surface area (Å²) in [4.78, 5) is 4.83. The lowest BCUT2D eigenvalue weighted by molar-refractivity contribution is 0.283. The third kappa shape index (κ3) is 8.61. The van der Waals surface area contributed by atoms with Crippen molar-refractivity contribution in [3.63, 3.8) is 0 Å². The van der Waals surface area contributed by atoms with E-state index in [1.165, 1.54) is 32.6 Å². The molecule has 2 N–H and O–H groups in total. The van der Waals surface area contributed by atoms with Gasteiger partial charge in [-0.1, -0.05) is 0 Å². The monoisotopic (exact) mass is 397 g/mol. The van der Waals surface area contributed by atoms with E-state index in [0.29, 0.717) is 0 Å². The van der Waals surface area contributed by atoms with Crippen LogP contribution in [-0.4, -0.2) is 56.1 Å². The number of rotatable bonds is 2. The normalized spacial score (nSPS) is 18.4. The first kappa shape index (κ1) is 20.7. The molecule has 0 bridgehead atoms. The number of nitrogens with two attached hydrogens (primary N) is 1. The van der Waals surface area contributed by atoms with Crippen molar-refractivity contribution in [2.24, 2.45) is 5.73 Å². The van der Waals surface area contributed by atoms with Gasteiger partial charge in [0.1, 0.15) is 0 Å². The predicted molar refractivity (Wildman–Crippen MR) is 78.6 cm³/mol. The van der Waals surface area contributed by atoms with Crippen molar-refractivity contribution in [3.8, 4) is 0 Å². The van der Waals surface area contributed by atoms with Gasteiger partial charge < -0.3 is 15.5 Å². The van der Waals surface area contributed by atoms with Gasteiger partial charge in [-0.25, -0.2) is 0 Å². The summed E-state index contributed by atoms with van der Waals surface area (Å²) in [5, 5.41) is 0. The van der Waals surface area contributed by atoms with Crippen LogP contribution in [0.15, 0.2) is 0 Å². The number of nitrogens with zero attached hydrogens (tertiary/aromatic N) is 2. The Bertz CT molecular complexity index is 116. The summed E-state index contributed by atoms with van der Waals surface area (Å²) in [6.07, 6.45) is 1.29. The largest absolute Gasteiger partial charge is 0.329 e. The fourth-order valence-corrected chi connectivity index (χ4v) is 1.51. The van der Waals surface area contributed by atoms with Crippen LogP contribution in [0.4, 0.5) is 0 Å². The number of hydrogen-bond acceptors (Lipinski definition) is 3. The molecular formula is C8H22Br3N3. The van der Waals surface area contributed by atoms with Crippen molar-refractivity contribution < 1.29 is 0 Å². The van der Waals surface area contributed by atoms with Gasteiger partial charge in [-0.2, -0.15) is 0 Å². The molecule has 3 nitrogen and oxygen atoms in total. The zero-order valence-electron chi connectivity index (χ0n) is 8.65. The lowest BCUT2D eigenvalue weighted by Gasteiger charge is -2.18. The molecule has 1 heterocycles. The number of halogens is 3. The molecule has 90 valence electrons. The van der Waals surface area contributed by atoms with Gasteiger partial charge in [-0.05, 0) is 26.6 Å². The van der Waals surface area contributed by atoms with E-state index in [-0.39, 0.29) is 50.9 Å². The molecule has 0 aliphatic carbocycles. The smallest absolute Gasteiger partial charge is 0.0110 e. The van der Waals surface area contributed by atoms with E-state index in [9.17, 15) is 0 Å². The zero-order chi connectivity index (χ0) is 8.10. The van der Waals surface area contributed by atoms with E-state index in [2.05, 4.69) is 16.8 Å². The van der Waals surface area contributed by atoms with E-state index < -0.39 is 0 Å². The lowest BCUT2D eigenvalue weighted by atomic mass is 10.4. The van der Waals surface area contributed by atoms with Gasteiger partial charge in [0.25, 0.3) is 0 Å². The Labute approximate surface area is 119 Å². The highest BCUT2D eigenvalue weighted by atomic mass is 79.9. The molecule has 1 fully saturated rings. The van der Waals surface area contributed by atoms with Gasteiger partial charge in [0, 0.05) is 26.2 Å². The van der Waals surface area contributed by atoms with Crippen LogP contribution < -0.4 is 5.73 Å². The Balaban J connectivity index is -0.000000403. The van der Waals surface area contributed by atoms with Crippen molar-refractivity contribution in [3.05, 3.63) is 0 Å². The van der Waals surface area contributed by atoms with Crippen molar-refractivity contribution in [1.29, 1.82) is 0 Å². The lowest BCUT2D eigenvalue weighted by Crippen LogP contribution is -2.32. The summed E-state index contributed by atoms with van der Waals surface area (Å²) in [6.45, 7) is 6.70. The Morgan fingerprint density at radius 2 is 1.64 bits per heavy atom. The molecule has 0 spiro atoms. The summed E-state index contributed by atoms with van der Waals surface area (Å²) < 4.78 is 0. The summed E-state index contributed by atoms with van der Waals surface area (Å²) in [7, 11) is 2.19. The van der Waals surface area contributed by atoms with Crippen LogP contribution in [0.2, 0.25) is 0 Å². The van der Waals surface area contributed by atoms with Crippen LogP contribution in [0, 0.1) is 0 Å². The SMILES string of the molecule is Br.Br.Br.CN1CCCN(CCN)CC1. The molecule has 0 aromatic rings. The van der Waals surface area contributed by atoms with Gasteiger partial charge in [0.05, 0.1) is 0 Å². The first-order valence-electron chi connectivity index (χ1n) is 4.44. The summed E-state index contributed by atoms with van der Waals surface area (Å²) in [5.41, 5.74) is 5.49. The highest BCUT2D eigenvalue weighted by molar-refractivity contribution is 8.93. The Morgan fingerprint density at radius 1 is 1.00 bits per heavy atom. The maximum Gasteiger partial charge on any atom is 0.0110 e. The van der Waals surface area contributed by atoms with Gasteiger partial charge in [-0.3, -0.25) is 0 Å². The molecule has 0 saturated carbocycles. The molecule has 0 aromatic carbocycles. The van der Waals surface area contributed by atoms with E-state index in [1.807, 2.05) is 0 Å². The predicted octanol–water partition coefficient (Wildman–Crippen LogP) is 1.32. The molecule has 0 amide bonds. The Hall–Kier alpha value is 1.32. The Kier molecular flexibility index (Phi) is 18.3. The second kappa shape index (κ2) is 12.4. The van der Waals surface area contributed by atoms with Crippen molar-refractivity contribution in [2.75, 3.05) is 46.3 Å². The molecule has 14 heavy (non-hydrogen) atoms. The summed E-state index contributed by atoms with van der Waals surface area (Å²) in [6, 6.07) is 0. The minimum absolute atomic E-state index is 0. The molecule has 1 aliphatic heterocycles.